The molecule has 0 aromatic heterocycles. The summed E-state index contributed by atoms with van der Waals surface area (Å²) in [6, 6.07) is 12.0. The van der Waals surface area contributed by atoms with Gasteiger partial charge in [-0.1, -0.05) is 51.8 Å². The van der Waals surface area contributed by atoms with Crippen LogP contribution in [0.25, 0.3) is 0 Å². The highest BCUT2D eigenvalue weighted by atomic mass is 79.9. The summed E-state index contributed by atoms with van der Waals surface area (Å²) in [5, 5.41) is 0.655. The molecule has 0 saturated heterocycles. The Labute approximate surface area is 138 Å². The third-order valence-electron chi connectivity index (χ3n) is 3.98. The zero-order valence-corrected chi connectivity index (χ0v) is 14.2. The lowest BCUT2D eigenvalue weighted by Crippen LogP contribution is -2.35. The maximum Gasteiger partial charge on any atom is 0.127 e. The Kier molecular flexibility index (Phi) is 4.00. The molecule has 0 radical (unpaired) electrons. The Morgan fingerprint density at radius 3 is 2.81 bits per heavy atom. The molecule has 1 atom stereocenters. The largest absolute Gasteiger partial charge is 0.493 e. The van der Waals surface area contributed by atoms with Crippen molar-refractivity contribution in [3.8, 4) is 5.75 Å². The molecule has 2 nitrogen and oxygen atoms in total. The molecule has 2 aromatic rings. The summed E-state index contributed by atoms with van der Waals surface area (Å²) in [7, 11) is 0. The summed E-state index contributed by atoms with van der Waals surface area (Å²) in [6.45, 7) is 2.73. The Morgan fingerprint density at radius 2 is 2.05 bits per heavy atom. The summed E-state index contributed by atoms with van der Waals surface area (Å²) < 4.78 is 6.84. The van der Waals surface area contributed by atoms with Gasteiger partial charge in [-0.25, -0.2) is 0 Å². The topological polar surface area (TPSA) is 35.2 Å². The van der Waals surface area contributed by atoms with Crippen LogP contribution in [0.1, 0.15) is 30.0 Å². The molecule has 0 saturated carbocycles. The lowest BCUT2D eigenvalue weighted by atomic mass is 9.83. The standard InChI is InChI=1S/C17H17BrClNO/c1-17(20,13-8-7-12(18)10-15(13)19)14-6-2-4-11-5-3-9-21-16(11)14/h2,4,6-8,10H,3,5,9,20H2,1H3. The molecule has 21 heavy (non-hydrogen) atoms. The quantitative estimate of drug-likeness (QED) is 0.839. The fourth-order valence-electron chi connectivity index (χ4n) is 2.85. The molecule has 0 aliphatic carbocycles. The molecule has 1 aliphatic rings. The number of benzene rings is 2. The predicted molar refractivity (Wildman–Crippen MR) is 90.1 cm³/mol. The number of ether oxygens (including phenoxy) is 1. The molecule has 0 bridgehead atoms. The third kappa shape index (κ3) is 2.70. The summed E-state index contributed by atoms with van der Waals surface area (Å²) in [6.07, 6.45) is 2.09. The number of aryl methyl sites for hydroxylation is 1. The third-order valence-corrected chi connectivity index (χ3v) is 4.79. The van der Waals surface area contributed by atoms with Gasteiger partial charge in [-0.2, -0.15) is 0 Å². The lowest BCUT2D eigenvalue weighted by molar-refractivity contribution is 0.280. The first-order valence-corrected chi connectivity index (χ1v) is 8.17. The van der Waals surface area contributed by atoms with E-state index in [0.717, 1.165) is 40.8 Å². The highest BCUT2D eigenvalue weighted by molar-refractivity contribution is 9.10. The van der Waals surface area contributed by atoms with Crippen LogP contribution in [0.3, 0.4) is 0 Å². The minimum atomic E-state index is -0.694. The van der Waals surface area contributed by atoms with Crippen LogP contribution < -0.4 is 10.5 Å². The number of hydrogen-bond donors (Lipinski definition) is 1. The molecular formula is C17H17BrClNO. The second kappa shape index (κ2) is 5.64. The van der Waals surface area contributed by atoms with E-state index in [1.165, 1.54) is 5.56 Å². The predicted octanol–water partition coefficient (Wildman–Crippen LogP) is 4.65. The normalized spacial score (nSPS) is 16.8. The van der Waals surface area contributed by atoms with Gasteiger partial charge in [0.05, 0.1) is 12.1 Å². The van der Waals surface area contributed by atoms with Crippen molar-refractivity contribution in [1.82, 2.24) is 0 Å². The molecule has 0 fully saturated rings. The van der Waals surface area contributed by atoms with Crippen molar-refractivity contribution >= 4 is 27.5 Å². The molecule has 3 rings (SSSR count). The van der Waals surface area contributed by atoms with Gasteiger partial charge in [0.15, 0.2) is 0 Å². The molecule has 1 aliphatic heterocycles. The SMILES string of the molecule is CC(N)(c1ccc(Br)cc1Cl)c1cccc2c1OCCC2. The maximum atomic E-state index is 6.65. The average Bonchev–Trinajstić information content (AvgIpc) is 2.46. The second-order valence-corrected chi connectivity index (χ2v) is 6.90. The zero-order chi connectivity index (χ0) is 15.0. The van der Waals surface area contributed by atoms with Crippen LogP contribution in [-0.2, 0) is 12.0 Å². The average molecular weight is 367 g/mol. The van der Waals surface area contributed by atoms with Crippen LogP contribution in [0.4, 0.5) is 0 Å². The van der Waals surface area contributed by atoms with E-state index < -0.39 is 5.54 Å². The van der Waals surface area contributed by atoms with E-state index in [0.29, 0.717) is 5.02 Å². The smallest absolute Gasteiger partial charge is 0.127 e. The molecule has 2 N–H and O–H groups in total. The molecule has 1 heterocycles. The monoisotopic (exact) mass is 365 g/mol. The van der Waals surface area contributed by atoms with E-state index in [9.17, 15) is 0 Å². The number of rotatable bonds is 2. The van der Waals surface area contributed by atoms with Gasteiger partial charge in [0.25, 0.3) is 0 Å². The van der Waals surface area contributed by atoms with Crippen LogP contribution in [0.2, 0.25) is 5.02 Å². The number of hydrogen-bond acceptors (Lipinski definition) is 2. The summed E-state index contributed by atoms with van der Waals surface area (Å²) in [5.74, 6) is 0.924. The Balaban J connectivity index is 2.14. The van der Waals surface area contributed by atoms with Gasteiger partial charge in [-0.05, 0) is 43.0 Å². The summed E-state index contributed by atoms with van der Waals surface area (Å²) in [5.41, 5.74) is 9.07. The minimum absolute atomic E-state index is 0.655. The Morgan fingerprint density at radius 1 is 1.24 bits per heavy atom. The molecule has 2 aromatic carbocycles. The number of halogens is 2. The second-order valence-electron chi connectivity index (χ2n) is 5.57. The number of fused-ring (bicyclic) bond motifs is 1. The van der Waals surface area contributed by atoms with Crippen molar-refractivity contribution in [1.29, 1.82) is 0 Å². The first kappa shape index (κ1) is 14.9. The van der Waals surface area contributed by atoms with Gasteiger partial charge in [-0.15, -0.1) is 0 Å². The van der Waals surface area contributed by atoms with Gasteiger partial charge in [0.2, 0.25) is 0 Å². The van der Waals surface area contributed by atoms with Crippen molar-refractivity contribution in [3.63, 3.8) is 0 Å². The van der Waals surface area contributed by atoms with E-state index in [1.54, 1.807) is 0 Å². The minimum Gasteiger partial charge on any atom is -0.493 e. The van der Waals surface area contributed by atoms with Crippen LogP contribution in [-0.4, -0.2) is 6.61 Å². The van der Waals surface area contributed by atoms with Gasteiger partial charge in [-0.3, -0.25) is 0 Å². The zero-order valence-electron chi connectivity index (χ0n) is 11.8. The molecule has 0 spiro atoms. The Hall–Kier alpha value is -1.03. The van der Waals surface area contributed by atoms with Crippen LogP contribution >= 0.6 is 27.5 Å². The molecule has 1 unspecified atom stereocenters. The van der Waals surface area contributed by atoms with E-state index in [4.69, 9.17) is 22.1 Å². The van der Waals surface area contributed by atoms with Gasteiger partial charge >= 0.3 is 0 Å². The molecule has 110 valence electrons. The fourth-order valence-corrected chi connectivity index (χ4v) is 3.72. The highest BCUT2D eigenvalue weighted by Gasteiger charge is 2.31. The summed E-state index contributed by atoms with van der Waals surface area (Å²) in [4.78, 5) is 0. The van der Waals surface area contributed by atoms with Crippen molar-refractivity contribution < 1.29 is 4.74 Å². The molecular weight excluding hydrogens is 350 g/mol. The van der Waals surface area contributed by atoms with Gasteiger partial charge in [0.1, 0.15) is 5.75 Å². The van der Waals surface area contributed by atoms with Crippen molar-refractivity contribution in [2.75, 3.05) is 6.61 Å². The number of para-hydroxylation sites is 1. The first-order valence-electron chi connectivity index (χ1n) is 7.00. The summed E-state index contributed by atoms with van der Waals surface area (Å²) >= 11 is 9.83. The van der Waals surface area contributed by atoms with E-state index in [1.807, 2.05) is 37.3 Å². The van der Waals surface area contributed by atoms with Crippen molar-refractivity contribution in [3.05, 3.63) is 62.6 Å². The first-order chi connectivity index (χ1) is 10.00. The maximum absolute atomic E-state index is 6.65. The van der Waals surface area contributed by atoms with Crippen LogP contribution in [0.15, 0.2) is 40.9 Å². The fraction of sp³-hybridized carbons (Fsp3) is 0.294. The molecule has 4 heteroatoms. The van der Waals surface area contributed by atoms with E-state index in [-0.39, 0.29) is 0 Å². The van der Waals surface area contributed by atoms with Crippen LogP contribution in [0, 0.1) is 0 Å². The van der Waals surface area contributed by atoms with E-state index in [2.05, 4.69) is 22.0 Å². The van der Waals surface area contributed by atoms with Gasteiger partial charge in [0, 0.05) is 15.1 Å². The lowest BCUT2D eigenvalue weighted by Gasteiger charge is -2.31. The van der Waals surface area contributed by atoms with E-state index >= 15 is 0 Å². The number of nitrogens with two attached hydrogens (primary N) is 1. The van der Waals surface area contributed by atoms with Crippen LogP contribution in [0.5, 0.6) is 5.75 Å². The van der Waals surface area contributed by atoms with Crippen molar-refractivity contribution in [2.24, 2.45) is 5.73 Å². The van der Waals surface area contributed by atoms with Gasteiger partial charge < -0.3 is 10.5 Å². The van der Waals surface area contributed by atoms with Crippen molar-refractivity contribution in [2.45, 2.75) is 25.3 Å². The highest BCUT2D eigenvalue weighted by Crippen LogP contribution is 2.40. The molecule has 0 amide bonds. The Bertz CT molecular complexity index is 684.